The van der Waals surface area contributed by atoms with Crippen molar-refractivity contribution in [1.82, 2.24) is 20.2 Å². The number of fused-ring (bicyclic) bond motifs is 2. The first kappa shape index (κ1) is 13.7. The zero-order chi connectivity index (χ0) is 21.6. The Bertz CT molecular complexity index is 1270. The summed E-state index contributed by atoms with van der Waals surface area (Å²) < 4.78 is 33.7. The van der Waals surface area contributed by atoms with Crippen LogP contribution in [0.25, 0.3) is 33.5 Å². The van der Waals surface area contributed by atoms with E-state index in [0.717, 1.165) is 18.8 Å². The Morgan fingerprint density at radius 1 is 1.21 bits per heavy atom. The van der Waals surface area contributed by atoms with Crippen LogP contribution in [0.3, 0.4) is 0 Å². The normalized spacial score (nSPS) is 16.7. The number of anilines is 3. The van der Waals surface area contributed by atoms with Crippen molar-refractivity contribution >= 4 is 39.3 Å². The standard InChI is InChI=1S/C19H19N7O2/c1-21-18-17-12(9-16(20)24-25-17)13(10-22-18)19-23-14-8-11(2-3-15(14)28-19)26-4-6-27-7-5-26/h2-3,8-10H,4-7H2,1H3,(H2,20,24)(H,21,22)/i1D3. The number of pyridine rings is 1. The van der Waals surface area contributed by atoms with Crippen molar-refractivity contribution in [3.8, 4) is 11.5 Å². The van der Waals surface area contributed by atoms with Crippen LogP contribution in [-0.4, -0.2) is 53.4 Å². The molecular formula is C19H19N7O2. The molecule has 0 saturated carbocycles. The third-order valence-electron chi connectivity index (χ3n) is 4.75. The lowest BCUT2D eigenvalue weighted by molar-refractivity contribution is 0.122. The molecule has 1 saturated heterocycles. The summed E-state index contributed by atoms with van der Waals surface area (Å²) in [5.74, 6) is 0.599. The van der Waals surface area contributed by atoms with Crippen molar-refractivity contribution in [2.75, 3.05) is 49.2 Å². The topological polar surface area (TPSA) is 115 Å². The number of nitrogen functional groups attached to an aromatic ring is 1. The van der Waals surface area contributed by atoms with E-state index in [0.29, 0.717) is 41.2 Å². The third kappa shape index (κ3) is 2.76. The molecular weight excluding hydrogens is 358 g/mol. The molecule has 1 aromatic carbocycles. The first-order chi connectivity index (χ1) is 14.9. The number of hydrogen-bond donors (Lipinski definition) is 2. The van der Waals surface area contributed by atoms with E-state index in [-0.39, 0.29) is 17.2 Å². The number of nitrogens with one attached hydrogen (secondary N) is 1. The summed E-state index contributed by atoms with van der Waals surface area (Å²) in [4.78, 5) is 11.1. The van der Waals surface area contributed by atoms with Crippen LogP contribution in [0.5, 0.6) is 0 Å². The lowest BCUT2D eigenvalue weighted by Crippen LogP contribution is -2.36. The van der Waals surface area contributed by atoms with Crippen molar-refractivity contribution in [3.05, 3.63) is 30.5 Å². The minimum atomic E-state index is -2.43. The average molecular weight is 380 g/mol. The Kier molecular flexibility index (Phi) is 3.23. The maximum atomic E-state index is 7.45. The average Bonchev–Trinajstić information content (AvgIpc) is 3.16. The number of nitrogens with two attached hydrogens (primary N) is 1. The van der Waals surface area contributed by atoms with Crippen LogP contribution in [0.2, 0.25) is 0 Å². The Balaban J connectivity index is 1.60. The van der Waals surface area contributed by atoms with Gasteiger partial charge in [0.2, 0.25) is 5.89 Å². The first-order valence-electron chi connectivity index (χ1n) is 10.3. The van der Waals surface area contributed by atoms with Crippen LogP contribution in [0, 0.1) is 0 Å². The number of hydrogen-bond acceptors (Lipinski definition) is 9. The predicted molar refractivity (Wildman–Crippen MR) is 107 cm³/mol. The number of rotatable bonds is 3. The molecule has 4 heterocycles. The minimum Gasteiger partial charge on any atom is -0.436 e. The molecule has 4 aromatic rings. The van der Waals surface area contributed by atoms with Gasteiger partial charge < -0.3 is 25.1 Å². The van der Waals surface area contributed by atoms with Gasteiger partial charge in [-0.15, -0.1) is 10.2 Å². The highest BCUT2D eigenvalue weighted by Gasteiger charge is 2.17. The number of aromatic nitrogens is 4. The molecule has 1 fully saturated rings. The molecule has 3 N–H and O–H groups in total. The van der Waals surface area contributed by atoms with Crippen molar-refractivity contribution in [3.63, 3.8) is 0 Å². The summed E-state index contributed by atoms with van der Waals surface area (Å²) in [5, 5.41) is 10.8. The van der Waals surface area contributed by atoms with E-state index in [1.807, 2.05) is 18.2 Å². The molecule has 1 aliphatic rings. The van der Waals surface area contributed by atoms with E-state index in [9.17, 15) is 0 Å². The van der Waals surface area contributed by atoms with Gasteiger partial charge in [0.05, 0.1) is 18.8 Å². The lowest BCUT2D eigenvalue weighted by atomic mass is 10.1. The highest BCUT2D eigenvalue weighted by atomic mass is 16.5. The second kappa shape index (κ2) is 6.61. The summed E-state index contributed by atoms with van der Waals surface area (Å²) in [6, 6.07) is 7.44. The highest BCUT2D eigenvalue weighted by molar-refractivity contribution is 5.99. The molecule has 0 aliphatic carbocycles. The van der Waals surface area contributed by atoms with Gasteiger partial charge in [-0.3, -0.25) is 0 Å². The van der Waals surface area contributed by atoms with E-state index in [1.54, 1.807) is 6.07 Å². The van der Waals surface area contributed by atoms with Gasteiger partial charge in [0.15, 0.2) is 11.4 Å². The molecule has 9 nitrogen and oxygen atoms in total. The van der Waals surface area contributed by atoms with Crippen molar-refractivity contribution in [1.29, 1.82) is 0 Å². The molecule has 0 spiro atoms. The lowest BCUT2D eigenvalue weighted by Gasteiger charge is -2.28. The summed E-state index contributed by atoms with van der Waals surface area (Å²) in [6.07, 6.45) is 1.49. The zero-order valence-corrected chi connectivity index (χ0v) is 14.8. The van der Waals surface area contributed by atoms with Crippen LogP contribution in [0.1, 0.15) is 4.11 Å². The quantitative estimate of drug-likeness (QED) is 0.552. The number of ether oxygens (including phenoxy) is 1. The van der Waals surface area contributed by atoms with Crippen LogP contribution in [0.4, 0.5) is 17.3 Å². The van der Waals surface area contributed by atoms with E-state index in [1.165, 1.54) is 6.20 Å². The molecule has 0 amide bonds. The van der Waals surface area contributed by atoms with E-state index < -0.39 is 6.98 Å². The Labute approximate surface area is 164 Å². The number of benzene rings is 1. The predicted octanol–water partition coefficient (Wildman–Crippen LogP) is 2.29. The zero-order valence-electron chi connectivity index (χ0n) is 17.8. The van der Waals surface area contributed by atoms with Gasteiger partial charge in [-0.1, -0.05) is 0 Å². The van der Waals surface area contributed by atoms with E-state index >= 15 is 0 Å². The molecule has 0 bridgehead atoms. The van der Waals surface area contributed by atoms with Gasteiger partial charge in [0.25, 0.3) is 0 Å². The summed E-state index contributed by atoms with van der Waals surface area (Å²) >= 11 is 0. The molecule has 28 heavy (non-hydrogen) atoms. The fourth-order valence-electron chi connectivity index (χ4n) is 3.36. The van der Waals surface area contributed by atoms with E-state index in [4.69, 9.17) is 19.0 Å². The smallest absolute Gasteiger partial charge is 0.229 e. The fourth-order valence-corrected chi connectivity index (χ4v) is 3.36. The largest absolute Gasteiger partial charge is 0.436 e. The number of morpholine rings is 1. The minimum absolute atomic E-state index is 0.0805. The molecule has 9 heteroatoms. The third-order valence-corrected chi connectivity index (χ3v) is 4.75. The van der Waals surface area contributed by atoms with E-state index in [2.05, 4.69) is 30.4 Å². The molecule has 3 aromatic heterocycles. The van der Waals surface area contributed by atoms with Crippen LogP contribution in [-0.2, 0) is 4.74 Å². The number of nitrogens with zero attached hydrogens (tertiary/aromatic N) is 5. The Morgan fingerprint density at radius 2 is 2.11 bits per heavy atom. The van der Waals surface area contributed by atoms with Gasteiger partial charge in [-0.05, 0) is 24.3 Å². The Hall–Kier alpha value is -3.46. The molecule has 142 valence electrons. The Morgan fingerprint density at radius 3 is 2.96 bits per heavy atom. The van der Waals surface area contributed by atoms with Crippen LogP contribution in [0.15, 0.2) is 34.9 Å². The van der Waals surface area contributed by atoms with Crippen molar-refractivity contribution < 1.29 is 13.3 Å². The maximum absolute atomic E-state index is 7.45. The second-order valence-electron chi connectivity index (χ2n) is 6.45. The maximum Gasteiger partial charge on any atom is 0.229 e. The molecule has 0 unspecified atom stereocenters. The first-order valence-corrected chi connectivity index (χ1v) is 8.81. The van der Waals surface area contributed by atoms with Crippen molar-refractivity contribution in [2.45, 2.75) is 0 Å². The SMILES string of the molecule is [2H]C([2H])([2H])Nc1ncc(-c2nc3cc(N4CCOCC4)ccc3o2)c2cc(N)nnc12. The summed E-state index contributed by atoms with van der Waals surface area (Å²) in [6.45, 7) is 0.594. The molecule has 0 radical (unpaired) electrons. The van der Waals surface area contributed by atoms with Crippen LogP contribution < -0.4 is 16.0 Å². The molecule has 5 rings (SSSR count). The highest BCUT2D eigenvalue weighted by Crippen LogP contribution is 2.33. The summed E-state index contributed by atoms with van der Waals surface area (Å²) in [5.41, 5.74) is 9.01. The molecule has 0 atom stereocenters. The van der Waals surface area contributed by atoms with Gasteiger partial charge in [0, 0.05) is 41.4 Å². The number of oxazole rings is 1. The van der Waals surface area contributed by atoms with Gasteiger partial charge in [-0.2, -0.15) is 0 Å². The molecule has 1 aliphatic heterocycles. The van der Waals surface area contributed by atoms with Gasteiger partial charge >= 0.3 is 0 Å². The second-order valence-corrected chi connectivity index (χ2v) is 6.45. The monoisotopic (exact) mass is 380 g/mol. The fraction of sp³-hybridized carbons (Fsp3) is 0.263. The van der Waals surface area contributed by atoms with Gasteiger partial charge in [-0.25, -0.2) is 9.97 Å². The van der Waals surface area contributed by atoms with Crippen molar-refractivity contribution in [2.24, 2.45) is 0 Å². The van der Waals surface area contributed by atoms with Crippen LogP contribution >= 0.6 is 0 Å². The summed E-state index contributed by atoms with van der Waals surface area (Å²) in [7, 11) is 0. The van der Waals surface area contributed by atoms with Gasteiger partial charge in [0.1, 0.15) is 16.9 Å².